The van der Waals surface area contributed by atoms with Gasteiger partial charge in [-0.3, -0.25) is 4.68 Å². The Morgan fingerprint density at radius 1 is 1.29 bits per heavy atom. The second kappa shape index (κ2) is 9.62. The highest BCUT2D eigenvalue weighted by Crippen LogP contribution is 2.29. The molecule has 2 heterocycles. The average molecular weight is 507 g/mol. The molecule has 1 unspecified atom stereocenters. The van der Waals surface area contributed by atoms with Crippen molar-refractivity contribution in [3.05, 3.63) is 53.3 Å². The molecular formula is C19H25F3IN5. The number of nitrogens with zero attached hydrogens (tertiary/aromatic N) is 4. The Bertz CT molecular complexity index is 786. The van der Waals surface area contributed by atoms with E-state index in [-0.39, 0.29) is 24.0 Å². The Morgan fingerprint density at radius 3 is 2.57 bits per heavy atom. The SMILES string of the molecule is CCNC(=NCc1ccc(C(F)(F)F)cc1)N1CCC(c2cnn(C)c2)C1.I. The molecule has 1 aromatic carbocycles. The first-order chi connectivity index (χ1) is 12.9. The van der Waals surface area contributed by atoms with Gasteiger partial charge in [0, 0.05) is 38.8 Å². The quantitative estimate of drug-likeness (QED) is 0.387. The minimum Gasteiger partial charge on any atom is -0.357 e. The van der Waals surface area contributed by atoms with E-state index in [2.05, 4.69) is 20.3 Å². The lowest BCUT2D eigenvalue weighted by Gasteiger charge is -2.21. The maximum Gasteiger partial charge on any atom is 0.416 e. The van der Waals surface area contributed by atoms with Gasteiger partial charge in [0.25, 0.3) is 0 Å². The van der Waals surface area contributed by atoms with Crippen LogP contribution in [0, 0.1) is 0 Å². The largest absolute Gasteiger partial charge is 0.416 e. The fourth-order valence-electron chi connectivity index (χ4n) is 3.27. The van der Waals surface area contributed by atoms with Crippen molar-refractivity contribution in [1.29, 1.82) is 0 Å². The maximum atomic E-state index is 12.7. The molecule has 154 valence electrons. The normalized spacial score (nSPS) is 17.5. The highest BCUT2D eigenvalue weighted by molar-refractivity contribution is 14.0. The van der Waals surface area contributed by atoms with Crippen LogP contribution in [0.4, 0.5) is 13.2 Å². The van der Waals surface area contributed by atoms with Crippen molar-refractivity contribution < 1.29 is 13.2 Å². The van der Waals surface area contributed by atoms with Crippen LogP contribution in [0.15, 0.2) is 41.7 Å². The highest BCUT2D eigenvalue weighted by Gasteiger charge is 2.30. The predicted molar refractivity (Wildman–Crippen MR) is 114 cm³/mol. The van der Waals surface area contributed by atoms with E-state index in [1.165, 1.54) is 17.7 Å². The van der Waals surface area contributed by atoms with Crippen LogP contribution in [-0.2, 0) is 19.8 Å². The summed E-state index contributed by atoms with van der Waals surface area (Å²) in [6.07, 6.45) is 0.658. The van der Waals surface area contributed by atoms with Crippen molar-refractivity contribution in [3.8, 4) is 0 Å². The van der Waals surface area contributed by atoms with E-state index in [1.54, 1.807) is 0 Å². The van der Waals surface area contributed by atoms with Crippen LogP contribution in [0.3, 0.4) is 0 Å². The number of benzene rings is 1. The van der Waals surface area contributed by atoms with Crippen LogP contribution in [-0.4, -0.2) is 40.3 Å². The molecule has 1 N–H and O–H groups in total. The van der Waals surface area contributed by atoms with Crippen molar-refractivity contribution in [2.45, 2.75) is 32.0 Å². The van der Waals surface area contributed by atoms with Crippen molar-refractivity contribution in [2.24, 2.45) is 12.0 Å². The fourth-order valence-corrected chi connectivity index (χ4v) is 3.27. The molecule has 1 fully saturated rings. The number of guanidine groups is 1. The van der Waals surface area contributed by atoms with Gasteiger partial charge in [-0.1, -0.05) is 12.1 Å². The summed E-state index contributed by atoms with van der Waals surface area (Å²) in [5.74, 6) is 1.21. The Morgan fingerprint density at radius 2 is 2.00 bits per heavy atom. The number of halogens is 4. The minimum absolute atomic E-state index is 0. The van der Waals surface area contributed by atoms with Crippen LogP contribution in [0.5, 0.6) is 0 Å². The summed E-state index contributed by atoms with van der Waals surface area (Å²) in [5, 5.41) is 7.52. The molecule has 9 heteroatoms. The topological polar surface area (TPSA) is 45.5 Å². The van der Waals surface area contributed by atoms with Gasteiger partial charge < -0.3 is 10.2 Å². The molecular weight excluding hydrogens is 482 g/mol. The van der Waals surface area contributed by atoms with Gasteiger partial charge in [0.05, 0.1) is 18.3 Å². The molecule has 28 heavy (non-hydrogen) atoms. The second-order valence-electron chi connectivity index (χ2n) is 6.74. The van der Waals surface area contributed by atoms with Crippen LogP contribution in [0.2, 0.25) is 0 Å². The third kappa shape index (κ3) is 5.62. The highest BCUT2D eigenvalue weighted by atomic mass is 127. The number of hydrogen-bond donors (Lipinski definition) is 1. The van der Waals surface area contributed by atoms with Crippen molar-refractivity contribution in [3.63, 3.8) is 0 Å². The van der Waals surface area contributed by atoms with E-state index in [0.717, 1.165) is 49.7 Å². The average Bonchev–Trinajstić information content (AvgIpc) is 3.27. The number of aromatic nitrogens is 2. The number of likely N-dealkylation sites (tertiary alicyclic amines) is 1. The van der Waals surface area contributed by atoms with Crippen molar-refractivity contribution in [1.82, 2.24) is 20.0 Å². The summed E-state index contributed by atoms with van der Waals surface area (Å²) in [6.45, 7) is 4.82. The van der Waals surface area contributed by atoms with Gasteiger partial charge in [-0.2, -0.15) is 18.3 Å². The zero-order chi connectivity index (χ0) is 19.4. The Hall–Kier alpha value is -1.78. The molecule has 0 spiro atoms. The maximum absolute atomic E-state index is 12.7. The lowest BCUT2D eigenvalue weighted by molar-refractivity contribution is -0.137. The molecule has 0 aliphatic carbocycles. The van der Waals surface area contributed by atoms with Gasteiger partial charge in [-0.25, -0.2) is 4.99 Å². The third-order valence-electron chi connectivity index (χ3n) is 4.71. The standard InChI is InChI=1S/C19H24F3N5.HI/c1-3-23-18(24-10-14-4-6-17(7-5-14)19(20,21)22)27-9-8-15(13-27)16-11-25-26(2)12-16;/h4-7,11-12,15H,3,8-10,13H2,1-2H3,(H,23,24);1H. The van der Waals surface area contributed by atoms with E-state index >= 15 is 0 Å². The van der Waals surface area contributed by atoms with Gasteiger partial charge in [0.2, 0.25) is 0 Å². The zero-order valence-electron chi connectivity index (χ0n) is 15.9. The first-order valence-corrected chi connectivity index (χ1v) is 9.04. The molecule has 2 aromatic rings. The monoisotopic (exact) mass is 507 g/mol. The third-order valence-corrected chi connectivity index (χ3v) is 4.71. The summed E-state index contributed by atoms with van der Waals surface area (Å²) in [7, 11) is 1.91. The summed E-state index contributed by atoms with van der Waals surface area (Å²) in [6, 6.07) is 5.18. The summed E-state index contributed by atoms with van der Waals surface area (Å²) < 4.78 is 39.8. The molecule has 1 aliphatic heterocycles. The van der Waals surface area contributed by atoms with Crippen molar-refractivity contribution in [2.75, 3.05) is 19.6 Å². The zero-order valence-corrected chi connectivity index (χ0v) is 18.2. The number of alkyl halides is 3. The predicted octanol–water partition coefficient (Wildman–Crippen LogP) is 4.01. The number of aliphatic imine (C=N–C) groups is 1. The van der Waals surface area contributed by atoms with Crippen LogP contribution >= 0.6 is 24.0 Å². The molecule has 1 atom stereocenters. The van der Waals surface area contributed by atoms with E-state index in [9.17, 15) is 13.2 Å². The van der Waals surface area contributed by atoms with E-state index in [4.69, 9.17) is 0 Å². The molecule has 3 rings (SSSR count). The van der Waals surface area contributed by atoms with Crippen molar-refractivity contribution >= 4 is 29.9 Å². The van der Waals surface area contributed by atoms with E-state index in [1.807, 2.05) is 31.0 Å². The molecule has 1 saturated heterocycles. The van der Waals surface area contributed by atoms with E-state index in [0.29, 0.717) is 12.5 Å². The van der Waals surface area contributed by atoms with Gasteiger partial charge in [0.1, 0.15) is 0 Å². The number of nitrogens with one attached hydrogen (secondary N) is 1. The Balaban J connectivity index is 0.00000280. The van der Waals surface area contributed by atoms with Gasteiger partial charge in [-0.05, 0) is 36.6 Å². The lowest BCUT2D eigenvalue weighted by Crippen LogP contribution is -2.40. The molecule has 1 aromatic heterocycles. The van der Waals surface area contributed by atoms with Crippen LogP contribution in [0.25, 0.3) is 0 Å². The van der Waals surface area contributed by atoms with Crippen LogP contribution in [0.1, 0.15) is 36.0 Å². The fraction of sp³-hybridized carbons (Fsp3) is 0.474. The summed E-state index contributed by atoms with van der Waals surface area (Å²) in [4.78, 5) is 6.82. The van der Waals surface area contributed by atoms with Crippen LogP contribution < -0.4 is 5.32 Å². The number of aryl methyl sites for hydroxylation is 1. The van der Waals surface area contributed by atoms with Gasteiger partial charge >= 0.3 is 6.18 Å². The molecule has 0 bridgehead atoms. The minimum atomic E-state index is -4.31. The number of rotatable bonds is 4. The smallest absolute Gasteiger partial charge is 0.357 e. The molecule has 1 aliphatic rings. The van der Waals surface area contributed by atoms with Gasteiger partial charge in [-0.15, -0.1) is 24.0 Å². The number of hydrogen-bond acceptors (Lipinski definition) is 2. The molecule has 5 nitrogen and oxygen atoms in total. The first kappa shape index (κ1) is 22.5. The van der Waals surface area contributed by atoms with Gasteiger partial charge in [0.15, 0.2) is 5.96 Å². The molecule has 0 amide bonds. The molecule has 0 radical (unpaired) electrons. The summed E-state index contributed by atoms with van der Waals surface area (Å²) >= 11 is 0. The van der Waals surface area contributed by atoms with E-state index < -0.39 is 11.7 Å². The lowest BCUT2D eigenvalue weighted by atomic mass is 10.0. The summed E-state index contributed by atoms with van der Waals surface area (Å²) in [5.41, 5.74) is 1.33. The second-order valence-corrected chi connectivity index (χ2v) is 6.74. The Kier molecular flexibility index (Phi) is 7.73. The Labute approximate surface area is 180 Å². The molecule has 0 saturated carbocycles. The first-order valence-electron chi connectivity index (χ1n) is 9.04.